The van der Waals surface area contributed by atoms with Crippen LogP contribution in [0.3, 0.4) is 0 Å². The molecule has 0 unspecified atom stereocenters. The molecule has 2 heterocycles. The molecule has 0 aliphatic heterocycles. The molecule has 0 radical (unpaired) electrons. The molecular formula is C21H25N5O. The van der Waals surface area contributed by atoms with Gasteiger partial charge in [0.05, 0.1) is 17.1 Å². The second-order valence-corrected chi connectivity index (χ2v) is 7.34. The second-order valence-electron chi connectivity index (χ2n) is 7.34. The molecule has 1 aromatic carbocycles. The van der Waals surface area contributed by atoms with Crippen molar-refractivity contribution in [3.63, 3.8) is 0 Å². The fraction of sp³-hybridized carbons (Fsp3) is 0.381. The average Bonchev–Trinajstić information content (AvgIpc) is 3.46. The van der Waals surface area contributed by atoms with Gasteiger partial charge < -0.3 is 10.2 Å². The SMILES string of the molecule is CN(CCc1ccccc1)c1cc(C(=O)NCC2CC2)c2cnn(C)c2n1. The molecule has 0 saturated heterocycles. The Kier molecular flexibility index (Phi) is 4.79. The van der Waals surface area contributed by atoms with Crippen LogP contribution in [0.5, 0.6) is 0 Å². The molecule has 1 aliphatic rings. The number of aromatic nitrogens is 3. The van der Waals surface area contributed by atoms with Crippen LogP contribution in [0.2, 0.25) is 0 Å². The predicted molar refractivity (Wildman–Crippen MR) is 107 cm³/mol. The van der Waals surface area contributed by atoms with E-state index in [1.807, 2.05) is 26.2 Å². The topological polar surface area (TPSA) is 63.1 Å². The molecule has 0 spiro atoms. The summed E-state index contributed by atoms with van der Waals surface area (Å²) in [7, 11) is 3.87. The van der Waals surface area contributed by atoms with Crippen LogP contribution in [0.4, 0.5) is 5.82 Å². The number of aryl methyl sites for hydroxylation is 1. The number of pyridine rings is 1. The molecule has 3 aromatic rings. The lowest BCUT2D eigenvalue weighted by Gasteiger charge is -2.19. The van der Waals surface area contributed by atoms with Gasteiger partial charge in [0.1, 0.15) is 5.82 Å². The number of nitrogens with one attached hydrogen (secondary N) is 1. The van der Waals surface area contributed by atoms with Crippen LogP contribution in [-0.4, -0.2) is 40.8 Å². The zero-order valence-electron chi connectivity index (χ0n) is 15.9. The summed E-state index contributed by atoms with van der Waals surface area (Å²) < 4.78 is 1.72. The van der Waals surface area contributed by atoms with Crippen molar-refractivity contribution in [2.45, 2.75) is 19.3 Å². The predicted octanol–water partition coefficient (Wildman–Crippen LogP) is 2.79. The van der Waals surface area contributed by atoms with Crippen molar-refractivity contribution in [1.82, 2.24) is 20.1 Å². The van der Waals surface area contributed by atoms with Gasteiger partial charge in [0.15, 0.2) is 5.65 Å². The van der Waals surface area contributed by atoms with E-state index in [4.69, 9.17) is 4.98 Å². The van der Waals surface area contributed by atoms with Crippen LogP contribution in [0.1, 0.15) is 28.8 Å². The van der Waals surface area contributed by atoms with E-state index in [1.54, 1.807) is 10.9 Å². The second kappa shape index (κ2) is 7.39. The highest BCUT2D eigenvalue weighted by molar-refractivity contribution is 6.06. The number of likely N-dealkylation sites (N-methyl/N-ethyl adjacent to an activating group) is 1. The number of nitrogens with zero attached hydrogens (tertiary/aromatic N) is 4. The molecule has 27 heavy (non-hydrogen) atoms. The third-order valence-electron chi connectivity index (χ3n) is 5.15. The maximum Gasteiger partial charge on any atom is 0.252 e. The average molecular weight is 363 g/mol. The molecule has 1 aliphatic carbocycles. The van der Waals surface area contributed by atoms with E-state index in [0.717, 1.165) is 36.4 Å². The van der Waals surface area contributed by atoms with Gasteiger partial charge in [-0.1, -0.05) is 30.3 Å². The van der Waals surface area contributed by atoms with Crippen molar-refractivity contribution < 1.29 is 4.79 Å². The molecule has 1 fully saturated rings. The molecule has 0 bridgehead atoms. The van der Waals surface area contributed by atoms with Gasteiger partial charge >= 0.3 is 0 Å². The van der Waals surface area contributed by atoms with Crippen LogP contribution in [-0.2, 0) is 13.5 Å². The normalized spacial score (nSPS) is 13.7. The van der Waals surface area contributed by atoms with Gasteiger partial charge in [0.2, 0.25) is 0 Å². The third-order valence-corrected chi connectivity index (χ3v) is 5.15. The number of carbonyl (C=O) groups is 1. The van der Waals surface area contributed by atoms with Crippen LogP contribution in [0, 0.1) is 5.92 Å². The van der Waals surface area contributed by atoms with Gasteiger partial charge in [-0.25, -0.2) is 4.98 Å². The Morgan fingerprint density at radius 2 is 2.07 bits per heavy atom. The molecule has 4 rings (SSSR count). The van der Waals surface area contributed by atoms with E-state index in [1.165, 1.54) is 18.4 Å². The van der Waals surface area contributed by atoms with Crippen molar-refractivity contribution in [2.24, 2.45) is 13.0 Å². The highest BCUT2D eigenvalue weighted by Crippen LogP contribution is 2.28. The Morgan fingerprint density at radius 3 is 2.81 bits per heavy atom. The number of benzene rings is 1. The lowest BCUT2D eigenvalue weighted by Crippen LogP contribution is -2.27. The zero-order chi connectivity index (χ0) is 18.8. The van der Waals surface area contributed by atoms with Crippen LogP contribution >= 0.6 is 0 Å². The minimum absolute atomic E-state index is 0.0417. The number of hydrogen-bond donors (Lipinski definition) is 1. The number of carbonyl (C=O) groups excluding carboxylic acids is 1. The first-order chi connectivity index (χ1) is 13.1. The summed E-state index contributed by atoms with van der Waals surface area (Å²) in [6, 6.07) is 12.3. The van der Waals surface area contributed by atoms with Crippen molar-refractivity contribution in [3.05, 3.63) is 53.7 Å². The van der Waals surface area contributed by atoms with E-state index in [-0.39, 0.29) is 5.91 Å². The molecule has 1 saturated carbocycles. The first-order valence-electron chi connectivity index (χ1n) is 9.48. The van der Waals surface area contributed by atoms with E-state index in [2.05, 4.69) is 39.6 Å². The summed E-state index contributed by atoms with van der Waals surface area (Å²) in [5.41, 5.74) is 2.67. The molecule has 6 heteroatoms. The zero-order valence-corrected chi connectivity index (χ0v) is 15.9. The van der Waals surface area contributed by atoms with E-state index in [9.17, 15) is 4.79 Å². The number of anilines is 1. The summed E-state index contributed by atoms with van der Waals surface area (Å²) in [5, 5.41) is 8.16. The largest absolute Gasteiger partial charge is 0.359 e. The molecule has 1 amide bonds. The standard InChI is InChI=1S/C21H25N5O/c1-25(11-10-15-6-4-3-5-7-15)19-12-17(21(27)22-13-16-8-9-16)18-14-23-26(2)20(18)24-19/h3-7,12,14,16H,8-11,13H2,1-2H3,(H,22,27). The fourth-order valence-electron chi connectivity index (χ4n) is 3.19. The lowest BCUT2D eigenvalue weighted by molar-refractivity contribution is 0.0953. The highest BCUT2D eigenvalue weighted by Gasteiger charge is 2.23. The summed E-state index contributed by atoms with van der Waals surface area (Å²) in [5.74, 6) is 1.40. The molecule has 2 aromatic heterocycles. The first kappa shape index (κ1) is 17.5. The number of amides is 1. The Morgan fingerprint density at radius 1 is 1.30 bits per heavy atom. The van der Waals surface area contributed by atoms with E-state index >= 15 is 0 Å². The minimum Gasteiger partial charge on any atom is -0.359 e. The van der Waals surface area contributed by atoms with Gasteiger partial charge in [0, 0.05) is 27.2 Å². The number of rotatable bonds is 7. The molecule has 6 nitrogen and oxygen atoms in total. The lowest BCUT2D eigenvalue weighted by atomic mass is 10.1. The maximum atomic E-state index is 12.8. The Labute approximate surface area is 159 Å². The number of fused-ring (bicyclic) bond motifs is 1. The van der Waals surface area contributed by atoms with E-state index < -0.39 is 0 Å². The Bertz CT molecular complexity index is 946. The first-order valence-corrected chi connectivity index (χ1v) is 9.48. The third kappa shape index (κ3) is 3.94. The van der Waals surface area contributed by atoms with Crippen molar-refractivity contribution in [1.29, 1.82) is 0 Å². The van der Waals surface area contributed by atoms with E-state index in [0.29, 0.717) is 11.5 Å². The van der Waals surface area contributed by atoms with Crippen molar-refractivity contribution >= 4 is 22.8 Å². The van der Waals surface area contributed by atoms with Gasteiger partial charge in [0.25, 0.3) is 5.91 Å². The Hall–Kier alpha value is -2.89. The highest BCUT2D eigenvalue weighted by atomic mass is 16.1. The van der Waals surface area contributed by atoms with Gasteiger partial charge in [-0.05, 0) is 36.8 Å². The smallest absolute Gasteiger partial charge is 0.252 e. The summed E-state index contributed by atoms with van der Waals surface area (Å²) >= 11 is 0. The summed E-state index contributed by atoms with van der Waals surface area (Å²) in [6.07, 6.45) is 5.08. The van der Waals surface area contributed by atoms with Crippen LogP contribution < -0.4 is 10.2 Å². The van der Waals surface area contributed by atoms with Crippen LogP contribution in [0.15, 0.2) is 42.6 Å². The van der Waals surface area contributed by atoms with Gasteiger partial charge in [-0.15, -0.1) is 0 Å². The quantitative estimate of drug-likeness (QED) is 0.701. The van der Waals surface area contributed by atoms with Crippen molar-refractivity contribution in [2.75, 3.05) is 25.0 Å². The van der Waals surface area contributed by atoms with Crippen molar-refractivity contribution in [3.8, 4) is 0 Å². The molecule has 0 atom stereocenters. The number of hydrogen-bond acceptors (Lipinski definition) is 4. The molecular weight excluding hydrogens is 338 g/mol. The Balaban J connectivity index is 1.57. The van der Waals surface area contributed by atoms with Gasteiger partial charge in [-0.3, -0.25) is 9.48 Å². The maximum absolute atomic E-state index is 12.8. The summed E-state index contributed by atoms with van der Waals surface area (Å²) in [4.78, 5) is 19.6. The fourth-order valence-corrected chi connectivity index (χ4v) is 3.19. The van der Waals surface area contributed by atoms with Crippen LogP contribution in [0.25, 0.3) is 11.0 Å². The molecule has 140 valence electrons. The van der Waals surface area contributed by atoms with Gasteiger partial charge in [-0.2, -0.15) is 5.10 Å². The minimum atomic E-state index is -0.0417. The molecule has 1 N–H and O–H groups in total. The monoisotopic (exact) mass is 363 g/mol. The summed E-state index contributed by atoms with van der Waals surface area (Å²) in [6.45, 7) is 1.57.